The van der Waals surface area contributed by atoms with E-state index in [9.17, 15) is 8.96 Å². The van der Waals surface area contributed by atoms with Gasteiger partial charge in [-0.25, -0.2) is 8.96 Å². The number of phosphoric acid groups is 1. The third kappa shape index (κ3) is 3.33. The molecule has 6 nitrogen and oxygen atoms in total. The van der Waals surface area contributed by atoms with Gasteiger partial charge in [-0.15, -0.1) is 0 Å². The number of nitrogens with two attached hydrogens (primary N) is 1. The van der Waals surface area contributed by atoms with Crippen LogP contribution in [0.2, 0.25) is 0 Å². The van der Waals surface area contributed by atoms with Crippen molar-refractivity contribution >= 4 is 7.82 Å². The Morgan fingerprint density at radius 2 is 2.25 bits per heavy atom. The largest absolute Gasteiger partial charge is 0.469 e. The SMILES string of the molecule is Cc1ncc(COP(=O)(O)O)c(CN)c1F. The van der Waals surface area contributed by atoms with Crippen LogP contribution < -0.4 is 5.73 Å². The molecule has 1 rings (SSSR count). The van der Waals surface area contributed by atoms with Crippen LogP contribution in [0, 0.1) is 12.7 Å². The van der Waals surface area contributed by atoms with Crippen molar-refractivity contribution in [3.05, 3.63) is 28.8 Å². The molecule has 0 radical (unpaired) electrons. The summed E-state index contributed by atoms with van der Waals surface area (Å²) >= 11 is 0. The van der Waals surface area contributed by atoms with Gasteiger partial charge in [0.1, 0.15) is 5.82 Å². The van der Waals surface area contributed by atoms with Crippen molar-refractivity contribution in [2.45, 2.75) is 20.1 Å². The fraction of sp³-hybridized carbons (Fsp3) is 0.375. The van der Waals surface area contributed by atoms with Crippen molar-refractivity contribution in [2.75, 3.05) is 0 Å². The molecule has 0 aliphatic rings. The van der Waals surface area contributed by atoms with E-state index in [0.29, 0.717) is 0 Å². The Balaban J connectivity index is 2.97. The summed E-state index contributed by atoms with van der Waals surface area (Å²) in [7, 11) is -4.58. The highest BCUT2D eigenvalue weighted by molar-refractivity contribution is 7.46. The lowest BCUT2D eigenvalue weighted by Crippen LogP contribution is -2.08. The van der Waals surface area contributed by atoms with E-state index in [1.54, 1.807) is 0 Å². The standard InChI is InChI=1S/C8H12FN2O4P/c1-5-8(9)7(2-10)6(3-11-5)4-15-16(12,13)14/h3H,2,4,10H2,1H3,(H2,12,13,14). The summed E-state index contributed by atoms with van der Waals surface area (Å²) in [5.74, 6) is -0.575. The Labute approximate surface area is 91.5 Å². The second-order valence-corrected chi connectivity index (χ2v) is 4.37. The van der Waals surface area contributed by atoms with E-state index in [1.807, 2.05) is 0 Å². The van der Waals surface area contributed by atoms with Crippen LogP contribution in [0.3, 0.4) is 0 Å². The van der Waals surface area contributed by atoms with Gasteiger partial charge < -0.3 is 15.5 Å². The Bertz CT molecular complexity index is 434. The van der Waals surface area contributed by atoms with Gasteiger partial charge in [0.25, 0.3) is 0 Å². The van der Waals surface area contributed by atoms with Gasteiger partial charge in [-0.05, 0) is 6.92 Å². The van der Waals surface area contributed by atoms with E-state index in [2.05, 4.69) is 9.51 Å². The Morgan fingerprint density at radius 3 is 2.75 bits per heavy atom. The highest BCUT2D eigenvalue weighted by Gasteiger charge is 2.17. The van der Waals surface area contributed by atoms with Crippen LogP contribution in [-0.2, 0) is 22.2 Å². The Hall–Kier alpha value is -0.850. The average Bonchev–Trinajstić information content (AvgIpc) is 2.18. The van der Waals surface area contributed by atoms with E-state index in [1.165, 1.54) is 13.1 Å². The minimum absolute atomic E-state index is 0.0882. The summed E-state index contributed by atoms with van der Waals surface area (Å²) < 4.78 is 28.2. The molecule has 0 bridgehead atoms. The molecule has 16 heavy (non-hydrogen) atoms. The molecule has 0 aliphatic carbocycles. The molecule has 90 valence electrons. The lowest BCUT2D eigenvalue weighted by Gasteiger charge is -2.10. The molecule has 0 saturated carbocycles. The molecular formula is C8H12FN2O4P. The Morgan fingerprint density at radius 1 is 1.62 bits per heavy atom. The van der Waals surface area contributed by atoms with Crippen LogP contribution in [0.4, 0.5) is 4.39 Å². The number of rotatable bonds is 4. The lowest BCUT2D eigenvalue weighted by molar-refractivity contribution is 0.188. The zero-order valence-electron chi connectivity index (χ0n) is 8.55. The maximum Gasteiger partial charge on any atom is 0.469 e. The number of hydrogen-bond donors (Lipinski definition) is 3. The molecule has 1 heterocycles. The number of phosphoric ester groups is 1. The first-order valence-electron chi connectivity index (χ1n) is 4.38. The molecule has 0 spiro atoms. The first kappa shape index (κ1) is 13.2. The van der Waals surface area contributed by atoms with Crippen molar-refractivity contribution < 1.29 is 23.3 Å². The quantitative estimate of drug-likeness (QED) is 0.675. The number of halogens is 1. The molecule has 0 atom stereocenters. The molecule has 0 fully saturated rings. The van der Waals surface area contributed by atoms with Gasteiger partial charge >= 0.3 is 7.82 Å². The Kier molecular flexibility index (Phi) is 4.12. The first-order chi connectivity index (χ1) is 7.35. The van der Waals surface area contributed by atoms with Crippen LogP contribution in [0.15, 0.2) is 6.20 Å². The third-order valence-electron chi connectivity index (χ3n) is 1.98. The van der Waals surface area contributed by atoms with Crippen LogP contribution >= 0.6 is 7.82 Å². The second-order valence-electron chi connectivity index (χ2n) is 3.13. The van der Waals surface area contributed by atoms with E-state index >= 15 is 0 Å². The zero-order chi connectivity index (χ0) is 12.3. The van der Waals surface area contributed by atoms with Crippen molar-refractivity contribution in [3.63, 3.8) is 0 Å². The number of aromatic nitrogens is 1. The normalized spacial score (nSPS) is 11.8. The molecule has 0 aromatic carbocycles. The molecule has 8 heteroatoms. The monoisotopic (exact) mass is 250 g/mol. The summed E-state index contributed by atoms with van der Waals surface area (Å²) in [6.45, 7) is 0.957. The van der Waals surface area contributed by atoms with Gasteiger partial charge in [-0.3, -0.25) is 9.51 Å². The molecule has 1 aromatic rings. The number of nitrogens with zero attached hydrogens (tertiary/aromatic N) is 1. The summed E-state index contributed by atoms with van der Waals surface area (Å²) in [6.07, 6.45) is 1.29. The van der Waals surface area contributed by atoms with E-state index in [-0.39, 0.29) is 23.4 Å². The van der Waals surface area contributed by atoms with Crippen molar-refractivity contribution in [1.82, 2.24) is 4.98 Å². The summed E-state index contributed by atoms with van der Waals surface area (Å²) in [4.78, 5) is 20.7. The van der Waals surface area contributed by atoms with Gasteiger partial charge in [-0.2, -0.15) is 0 Å². The minimum atomic E-state index is -4.58. The third-order valence-corrected chi connectivity index (χ3v) is 2.44. The van der Waals surface area contributed by atoms with Crippen molar-refractivity contribution in [2.24, 2.45) is 5.73 Å². The van der Waals surface area contributed by atoms with Crippen LogP contribution in [0.25, 0.3) is 0 Å². The van der Waals surface area contributed by atoms with E-state index < -0.39 is 20.2 Å². The highest BCUT2D eigenvalue weighted by Crippen LogP contribution is 2.37. The molecule has 0 unspecified atom stereocenters. The van der Waals surface area contributed by atoms with Crippen LogP contribution in [0.5, 0.6) is 0 Å². The zero-order valence-corrected chi connectivity index (χ0v) is 9.45. The van der Waals surface area contributed by atoms with Crippen molar-refractivity contribution in [3.8, 4) is 0 Å². The maximum atomic E-state index is 13.5. The van der Waals surface area contributed by atoms with Crippen LogP contribution in [-0.4, -0.2) is 14.8 Å². The number of pyridine rings is 1. The van der Waals surface area contributed by atoms with Gasteiger partial charge in [0.15, 0.2) is 0 Å². The lowest BCUT2D eigenvalue weighted by atomic mass is 10.1. The smallest absolute Gasteiger partial charge is 0.326 e. The van der Waals surface area contributed by atoms with Crippen molar-refractivity contribution in [1.29, 1.82) is 0 Å². The minimum Gasteiger partial charge on any atom is -0.326 e. The molecule has 4 N–H and O–H groups in total. The topological polar surface area (TPSA) is 106 Å². The number of aryl methyl sites for hydroxylation is 1. The first-order valence-corrected chi connectivity index (χ1v) is 5.91. The van der Waals surface area contributed by atoms with Crippen LogP contribution in [0.1, 0.15) is 16.8 Å². The predicted octanol–water partition coefficient (Wildman–Crippen LogP) is 0.597. The maximum absolute atomic E-state index is 13.5. The number of hydrogen-bond acceptors (Lipinski definition) is 4. The molecule has 0 saturated heterocycles. The van der Waals surface area contributed by atoms with Gasteiger partial charge in [0.2, 0.25) is 0 Å². The summed E-state index contributed by atoms with van der Waals surface area (Å²) in [5, 5.41) is 0. The fourth-order valence-electron chi connectivity index (χ4n) is 1.17. The van der Waals surface area contributed by atoms with E-state index in [4.69, 9.17) is 15.5 Å². The van der Waals surface area contributed by atoms with Gasteiger partial charge in [0, 0.05) is 23.9 Å². The van der Waals surface area contributed by atoms with E-state index in [0.717, 1.165) is 0 Å². The molecule has 0 aliphatic heterocycles. The average molecular weight is 250 g/mol. The van der Waals surface area contributed by atoms with Gasteiger partial charge in [-0.1, -0.05) is 0 Å². The highest BCUT2D eigenvalue weighted by atomic mass is 31.2. The summed E-state index contributed by atoms with van der Waals surface area (Å²) in [5.41, 5.74) is 5.91. The predicted molar refractivity (Wildman–Crippen MR) is 53.7 cm³/mol. The fourth-order valence-corrected chi connectivity index (χ4v) is 1.47. The van der Waals surface area contributed by atoms with Gasteiger partial charge in [0.05, 0.1) is 12.3 Å². The molecule has 0 amide bonds. The second kappa shape index (κ2) is 4.99. The molecular weight excluding hydrogens is 238 g/mol. The summed E-state index contributed by atoms with van der Waals surface area (Å²) in [6, 6.07) is 0. The molecule has 1 aromatic heterocycles.